The molecule has 12 heteroatoms. The third kappa shape index (κ3) is 8.87. The van der Waals surface area contributed by atoms with E-state index >= 15 is 0 Å². The number of ether oxygens (including phenoxy) is 3. The van der Waals surface area contributed by atoms with Crippen molar-refractivity contribution >= 4 is 41.6 Å². The molecule has 0 aromatic heterocycles. The number of carbonyl (C=O) groups is 5. The molecular weight excluding hydrogens is 707 g/mol. The van der Waals surface area contributed by atoms with Crippen molar-refractivity contribution in [2.24, 2.45) is 0 Å². The maximum absolute atomic E-state index is 14.4. The van der Waals surface area contributed by atoms with Crippen molar-refractivity contribution in [1.29, 1.82) is 0 Å². The van der Waals surface area contributed by atoms with E-state index in [0.29, 0.717) is 36.2 Å². The molecule has 2 saturated heterocycles. The van der Waals surface area contributed by atoms with E-state index in [0.717, 1.165) is 16.7 Å². The van der Waals surface area contributed by atoms with Crippen LogP contribution in [0.5, 0.6) is 0 Å². The van der Waals surface area contributed by atoms with Crippen molar-refractivity contribution in [1.82, 2.24) is 15.1 Å². The zero-order valence-electron chi connectivity index (χ0n) is 31.2. The summed E-state index contributed by atoms with van der Waals surface area (Å²) < 4.78 is 17.1. The van der Waals surface area contributed by atoms with Crippen molar-refractivity contribution < 1.29 is 38.2 Å². The number of thioether (sulfide) groups is 1. The number of carbonyl (C=O) groups excluding carboxylic acids is 5. The lowest BCUT2D eigenvalue weighted by atomic mass is 9.95. The van der Waals surface area contributed by atoms with Gasteiger partial charge in [-0.05, 0) is 93.8 Å². The minimum absolute atomic E-state index is 0.197. The van der Waals surface area contributed by atoms with Crippen LogP contribution in [0.25, 0.3) is 0 Å². The molecule has 3 amide bonds. The second-order valence-corrected chi connectivity index (χ2v) is 16.4. The van der Waals surface area contributed by atoms with Crippen LogP contribution in [0.1, 0.15) is 81.1 Å². The molecule has 3 atom stereocenters. The zero-order valence-corrected chi connectivity index (χ0v) is 32.1. The average Bonchev–Trinajstić information content (AvgIpc) is 3.46. The quantitative estimate of drug-likeness (QED) is 0.110. The normalized spacial score (nSPS) is 20.6. The van der Waals surface area contributed by atoms with Crippen LogP contribution in [0, 0.1) is 0 Å². The van der Waals surface area contributed by atoms with Crippen molar-refractivity contribution in [3.8, 4) is 0 Å². The summed E-state index contributed by atoms with van der Waals surface area (Å²) in [5.74, 6) is -1.75. The lowest BCUT2D eigenvalue weighted by Crippen LogP contribution is -2.74. The number of rotatable bonds is 9. The Bertz CT molecular complexity index is 1930. The summed E-state index contributed by atoms with van der Waals surface area (Å²) in [5, 5.41) is 3.83. The Morgan fingerprint density at radius 3 is 2.02 bits per heavy atom. The molecule has 0 spiro atoms. The smallest absolute Gasteiger partial charge is 0.408 e. The second-order valence-electron chi connectivity index (χ2n) is 15.4. The van der Waals surface area contributed by atoms with E-state index in [4.69, 9.17) is 14.2 Å². The van der Waals surface area contributed by atoms with E-state index in [-0.39, 0.29) is 5.91 Å². The first kappa shape index (κ1) is 38.4. The molecule has 54 heavy (non-hydrogen) atoms. The van der Waals surface area contributed by atoms with E-state index < -0.39 is 58.7 Å². The lowest BCUT2D eigenvalue weighted by molar-refractivity contribution is -0.164. The largest absolute Gasteiger partial charge is 0.456 e. The van der Waals surface area contributed by atoms with Gasteiger partial charge >= 0.3 is 18.0 Å². The van der Waals surface area contributed by atoms with Crippen molar-refractivity contribution in [2.45, 2.75) is 89.3 Å². The number of nitrogens with one attached hydrogen (secondary N) is 1. The van der Waals surface area contributed by atoms with Crippen LogP contribution in [-0.2, 0) is 35.1 Å². The number of hydrogen-bond donors (Lipinski definition) is 1. The number of nitrogens with zero attached hydrogens (tertiary/aromatic N) is 2. The first-order valence-electron chi connectivity index (χ1n) is 17.9. The number of benzene rings is 3. The Labute approximate surface area is 319 Å². The van der Waals surface area contributed by atoms with Crippen LogP contribution < -0.4 is 5.32 Å². The van der Waals surface area contributed by atoms with Gasteiger partial charge in [-0.1, -0.05) is 72.8 Å². The molecule has 282 valence electrons. The van der Waals surface area contributed by atoms with Gasteiger partial charge in [0.2, 0.25) is 11.8 Å². The number of likely N-dealkylation sites (tertiary alicyclic amines) is 1. The van der Waals surface area contributed by atoms with Gasteiger partial charge in [0, 0.05) is 18.7 Å². The number of esters is 2. The Hall–Kier alpha value is -5.36. The monoisotopic (exact) mass is 751 g/mol. The molecule has 1 N–H and O–H groups in total. The summed E-state index contributed by atoms with van der Waals surface area (Å²) in [5.41, 5.74) is 2.32. The minimum atomic E-state index is -1.18. The van der Waals surface area contributed by atoms with Crippen LogP contribution in [0.2, 0.25) is 0 Å². The third-order valence-corrected chi connectivity index (χ3v) is 10.1. The van der Waals surface area contributed by atoms with Gasteiger partial charge in [0.25, 0.3) is 0 Å². The molecule has 3 aromatic carbocycles. The van der Waals surface area contributed by atoms with Crippen molar-refractivity contribution in [3.05, 3.63) is 130 Å². The fourth-order valence-electron chi connectivity index (χ4n) is 6.43. The van der Waals surface area contributed by atoms with Gasteiger partial charge in [-0.3, -0.25) is 9.59 Å². The molecule has 0 aliphatic carbocycles. The van der Waals surface area contributed by atoms with Crippen molar-refractivity contribution in [2.75, 3.05) is 6.54 Å². The Morgan fingerprint density at radius 2 is 1.44 bits per heavy atom. The fourth-order valence-corrected chi connectivity index (χ4v) is 7.62. The van der Waals surface area contributed by atoms with Gasteiger partial charge in [0.1, 0.15) is 22.6 Å². The first-order chi connectivity index (χ1) is 25.6. The average molecular weight is 752 g/mol. The molecule has 0 radical (unpaired) electrons. The molecule has 3 heterocycles. The molecular formula is C42H45N3O8S. The summed E-state index contributed by atoms with van der Waals surface area (Å²) >= 11 is 1.28. The number of amides is 3. The summed E-state index contributed by atoms with van der Waals surface area (Å²) in [6, 6.07) is 23.6. The van der Waals surface area contributed by atoms with Gasteiger partial charge < -0.3 is 29.3 Å². The molecule has 0 saturated carbocycles. The highest BCUT2D eigenvalue weighted by Gasteiger charge is 2.56. The van der Waals surface area contributed by atoms with Gasteiger partial charge in [0.15, 0.2) is 12.1 Å². The maximum Gasteiger partial charge on any atom is 0.408 e. The SMILES string of the molecule is CC(C)(C)OC(=O)N[C@@H]1C(=O)N2[C@@H](C(=O)OC(c3ccccc3)c3ccccc3)C(C=C3CCN(Cc4ccc(C(=O)OC(C)(C)C)cc4)C3=O)=CS[C@H]12. The Balaban J connectivity index is 1.24. The molecule has 3 aliphatic rings. The van der Waals surface area contributed by atoms with Crippen LogP contribution >= 0.6 is 11.8 Å². The summed E-state index contributed by atoms with van der Waals surface area (Å²) in [7, 11) is 0. The van der Waals surface area contributed by atoms with Crippen LogP contribution in [0.15, 0.2) is 108 Å². The van der Waals surface area contributed by atoms with Crippen LogP contribution in [0.4, 0.5) is 4.79 Å². The highest BCUT2D eigenvalue weighted by atomic mass is 32.2. The molecule has 2 fully saturated rings. The summed E-state index contributed by atoms with van der Waals surface area (Å²) in [6.07, 6.45) is 0.612. The van der Waals surface area contributed by atoms with Crippen LogP contribution in [0.3, 0.4) is 0 Å². The molecule has 3 aromatic rings. The molecule has 0 unspecified atom stereocenters. The highest BCUT2D eigenvalue weighted by molar-refractivity contribution is 8.03. The highest BCUT2D eigenvalue weighted by Crippen LogP contribution is 2.42. The molecule has 11 nitrogen and oxygen atoms in total. The standard InChI is InChI=1S/C42H45N3O8S/c1-41(2,3)52-38(48)29-19-17-26(18-20-29)24-44-22-21-30(35(44)46)23-31-25-54-37-32(43-40(50)53-42(4,5)6)36(47)45(37)33(31)39(49)51-34(27-13-9-7-10-14-27)28-15-11-8-12-16-28/h7-20,23,25,32-34,37H,21-22,24H2,1-6H3,(H,43,50)/t32-,33-,37-/m1/s1. The molecule has 0 bridgehead atoms. The van der Waals surface area contributed by atoms with Gasteiger partial charge in [-0.15, -0.1) is 11.8 Å². The van der Waals surface area contributed by atoms with E-state index in [2.05, 4.69) is 5.32 Å². The maximum atomic E-state index is 14.4. The van der Waals surface area contributed by atoms with E-state index in [1.54, 1.807) is 61.4 Å². The number of fused-ring (bicyclic) bond motifs is 1. The molecule has 6 rings (SSSR count). The molecule has 3 aliphatic heterocycles. The predicted octanol–water partition coefficient (Wildman–Crippen LogP) is 6.69. The first-order valence-corrected chi connectivity index (χ1v) is 18.8. The van der Waals surface area contributed by atoms with Gasteiger partial charge in [0.05, 0.1) is 5.56 Å². The van der Waals surface area contributed by atoms with E-state index in [1.807, 2.05) is 81.4 Å². The third-order valence-electron chi connectivity index (χ3n) is 8.87. The Kier molecular flexibility index (Phi) is 11.0. The van der Waals surface area contributed by atoms with Crippen molar-refractivity contribution in [3.63, 3.8) is 0 Å². The van der Waals surface area contributed by atoms with E-state index in [9.17, 15) is 24.0 Å². The lowest BCUT2D eigenvalue weighted by Gasteiger charge is -2.51. The number of hydrogen-bond acceptors (Lipinski definition) is 9. The summed E-state index contributed by atoms with van der Waals surface area (Å²) in [4.78, 5) is 70.1. The number of β-lactam (4-membered cyclic amide) rings is 1. The topological polar surface area (TPSA) is 132 Å². The second kappa shape index (κ2) is 15.5. The summed E-state index contributed by atoms with van der Waals surface area (Å²) in [6.45, 7) is 11.4. The van der Waals surface area contributed by atoms with Gasteiger partial charge in [-0.25, -0.2) is 14.4 Å². The Morgan fingerprint density at radius 1 is 0.852 bits per heavy atom. The predicted molar refractivity (Wildman–Crippen MR) is 204 cm³/mol. The minimum Gasteiger partial charge on any atom is -0.456 e. The van der Waals surface area contributed by atoms with E-state index in [1.165, 1.54) is 16.7 Å². The number of alkyl carbamates (subject to hydrolysis) is 1. The van der Waals surface area contributed by atoms with Gasteiger partial charge in [-0.2, -0.15) is 0 Å². The zero-order chi connectivity index (χ0) is 38.8. The fraction of sp³-hybridized carbons (Fsp3) is 0.357. The van der Waals surface area contributed by atoms with Crippen LogP contribution in [-0.4, -0.2) is 74.9 Å².